The van der Waals surface area contributed by atoms with E-state index in [1.807, 2.05) is 48.5 Å². The van der Waals surface area contributed by atoms with Crippen LogP contribution in [0.5, 0.6) is 11.5 Å². The summed E-state index contributed by atoms with van der Waals surface area (Å²) in [5.74, 6) is 0.0223. The van der Waals surface area contributed by atoms with Gasteiger partial charge in [0.2, 0.25) is 5.91 Å². The van der Waals surface area contributed by atoms with Crippen LogP contribution in [0.1, 0.15) is 70.0 Å². The Morgan fingerprint density at radius 1 is 1.00 bits per heavy atom. The minimum Gasteiger partial charge on any atom is -0.497 e. The molecular formula is C31H42N2O5. The van der Waals surface area contributed by atoms with Crippen LogP contribution >= 0.6 is 0 Å². The van der Waals surface area contributed by atoms with Gasteiger partial charge in [-0.25, -0.2) is 4.79 Å². The van der Waals surface area contributed by atoms with Crippen molar-refractivity contribution in [1.82, 2.24) is 10.2 Å². The minimum absolute atomic E-state index is 0.0246. The fourth-order valence-corrected chi connectivity index (χ4v) is 6.54. The van der Waals surface area contributed by atoms with Crippen molar-refractivity contribution in [3.63, 3.8) is 0 Å². The standard InChI is InChI=1S/C31H42N2O5/c1-31(2,3)25-26(32-19-22-18-23(37-4)16-17-24(22)38-5)27(20-12-8-6-9-13-20)33(28(25)30(35)36)29(34)21-14-10-7-11-15-21/h6,8-9,12-13,16-18,21,25-28,32H,7,10-11,14-15,19H2,1-5H3,(H,35,36). The van der Waals surface area contributed by atoms with Gasteiger partial charge in [-0.05, 0) is 42.0 Å². The number of carboxylic acids is 1. The van der Waals surface area contributed by atoms with E-state index >= 15 is 0 Å². The van der Waals surface area contributed by atoms with Gasteiger partial charge in [0.25, 0.3) is 0 Å². The molecule has 4 atom stereocenters. The zero-order chi connectivity index (χ0) is 27.4. The maximum atomic E-state index is 14.2. The summed E-state index contributed by atoms with van der Waals surface area (Å²) in [6.07, 6.45) is 4.80. The summed E-state index contributed by atoms with van der Waals surface area (Å²) >= 11 is 0. The molecule has 1 amide bonds. The number of methoxy groups -OCH3 is 2. The average molecular weight is 523 g/mol. The van der Waals surface area contributed by atoms with Crippen LogP contribution in [0.4, 0.5) is 0 Å². The largest absolute Gasteiger partial charge is 0.497 e. The SMILES string of the molecule is COc1ccc(OC)c(CNC2C(c3ccccc3)N(C(=O)C3CCCCC3)C(C(=O)O)C2C(C)(C)C)c1. The lowest BCUT2D eigenvalue weighted by Gasteiger charge is -2.36. The average Bonchev–Trinajstić information content (AvgIpc) is 3.28. The first kappa shape index (κ1) is 28.0. The molecule has 7 heteroatoms. The number of benzene rings is 2. The highest BCUT2D eigenvalue weighted by atomic mass is 16.5. The van der Waals surface area contributed by atoms with Crippen LogP contribution in [-0.4, -0.2) is 48.2 Å². The highest BCUT2D eigenvalue weighted by Crippen LogP contribution is 2.49. The van der Waals surface area contributed by atoms with Gasteiger partial charge < -0.3 is 24.8 Å². The lowest BCUT2D eigenvalue weighted by molar-refractivity contribution is -0.154. The van der Waals surface area contributed by atoms with Gasteiger partial charge in [0, 0.05) is 30.0 Å². The van der Waals surface area contributed by atoms with Crippen LogP contribution in [0.3, 0.4) is 0 Å². The van der Waals surface area contributed by atoms with E-state index in [9.17, 15) is 14.7 Å². The summed E-state index contributed by atoms with van der Waals surface area (Å²) in [5.41, 5.74) is 1.48. The van der Waals surface area contributed by atoms with Gasteiger partial charge in [-0.15, -0.1) is 0 Å². The van der Waals surface area contributed by atoms with E-state index in [0.717, 1.165) is 54.7 Å². The topological polar surface area (TPSA) is 88.1 Å². The third-order valence-corrected chi connectivity index (χ3v) is 8.29. The number of carbonyl (C=O) groups is 2. The van der Waals surface area contributed by atoms with Crippen LogP contribution in [0.15, 0.2) is 48.5 Å². The lowest BCUT2D eigenvalue weighted by Crippen LogP contribution is -2.49. The molecule has 1 saturated heterocycles. The van der Waals surface area contributed by atoms with Crippen LogP contribution < -0.4 is 14.8 Å². The van der Waals surface area contributed by atoms with Crippen molar-refractivity contribution in [2.75, 3.05) is 14.2 Å². The van der Waals surface area contributed by atoms with Crippen LogP contribution in [-0.2, 0) is 16.1 Å². The summed E-state index contributed by atoms with van der Waals surface area (Å²) in [7, 11) is 3.26. The van der Waals surface area contributed by atoms with Crippen molar-refractivity contribution < 1.29 is 24.2 Å². The predicted octanol–water partition coefficient (Wildman–Crippen LogP) is 5.44. The highest BCUT2D eigenvalue weighted by molar-refractivity contribution is 5.87. The maximum Gasteiger partial charge on any atom is 0.326 e. The minimum atomic E-state index is -0.946. The summed E-state index contributed by atoms with van der Waals surface area (Å²) < 4.78 is 11.1. The predicted molar refractivity (Wildman–Crippen MR) is 147 cm³/mol. The van der Waals surface area contributed by atoms with Crippen molar-refractivity contribution in [2.24, 2.45) is 17.3 Å². The van der Waals surface area contributed by atoms with Crippen LogP contribution in [0.2, 0.25) is 0 Å². The fourth-order valence-electron chi connectivity index (χ4n) is 6.54. The molecule has 1 heterocycles. The van der Waals surface area contributed by atoms with E-state index in [0.29, 0.717) is 6.54 Å². The third kappa shape index (κ3) is 5.68. The number of likely N-dealkylation sites (tertiary alicyclic amines) is 1. The zero-order valence-electron chi connectivity index (χ0n) is 23.3. The molecular weight excluding hydrogens is 480 g/mol. The Labute approximate surface area is 226 Å². The molecule has 0 spiro atoms. The second kappa shape index (κ2) is 11.8. The molecule has 38 heavy (non-hydrogen) atoms. The van der Waals surface area contributed by atoms with Gasteiger partial charge in [-0.1, -0.05) is 70.4 Å². The molecule has 1 aliphatic heterocycles. The van der Waals surface area contributed by atoms with Gasteiger partial charge in [0.05, 0.1) is 20.3 Å². The maximum absolute atomic E-state index is 14.2. The zero-order valence-corrected chi connectivity index (χ0v) is 23.3. The Morgan fingerprint density at radius 2 is 1.68 bits per heavy atom. The van der Waals surface area contributed by atoms with Gasteiger partial charge in [-0.3, -0.25) is 4.79 Å². The van der Waals surface area contributed by atoms with Crippen molar-refractivity contribution in [1.29, 1.82) is 0 Å². The molecule has 2 aliphatic rings. The first-order chi connectivity index (χ1) is 18.2. The van der Waals surface area contributed by atoms with Gasteiger partial charge in [0.1, 0.15) is 17.5 Å². The van der Waals surface area contributed by atoms with E-state index in [1.54, 1.807) is 19.1 Å². The summed E-state index contributed by atoms with van der Waals surface area (Å²) in [4.78, 5) is 28.9. The monoisotopic (exact) mass is 522 g/mol. The normalized spacial score (nSPS) is 24.3. The molecule has 4 rings (SSSR count). The van der Waals surface area contributed by atoms with Crippen LogP contribution in [0, 0.1) is 17.3 Å². The second-order valence-electron chi connectivity index (χ2n) is 11.7. The Kier molecular flexibility index (Phi) is 8.66. The van der Waals surface area contributed by atoms with E-state index in [2.05, 4.69) is 26.1 Å². The number of aliphatic carboxylic acids is 1. The van der Waals surface area contributed by atoms with Gasteiger partial charge >= 0.3 is 5.97 Å². The molecule has 206 valence electrons. The van der Waals surface area contributed by atoms with E-state index < -0.39 is 18.1 Å². The smallest absolute Gasteiger partial charge is 0.326 e. The summed E-state index contributed by atoms with van der Waals surface area (Å²) in [5, 5.41) is 14.3. The highest BCUT2D eigenvalue weighted by Gasteiger charge is 2.58. The van der Waals surface area contributed by atoms with Crippen LogP contribution in [0.25, 0.3) is 0 Å². The molecule has 4 unspecified atom stereocenters. The molecule has 7 nitrogen and oxygen atoms in total. The summed E-state index contributed by atoms with van der Waals surface area (Å²) in [6.45, 7) is 6.67. The van der Waals surface area contributed by atoms with Crippen molar-refractivity contribution in [3.8, 4) is 11.5 Å². The van der Waals surface area contributed by atoms with Crippen molar-refractivity contribution in [2.45, 2.75) is 77.5 Å². The van der Waals surface area contributed by atoms with E-state index in [1.165, 1.54) is 0 Å². The number of hydrogen-bond donors (Lipinski definition) is 2. The molecule has 1 aliphatic carbocycles. The number of rotatable bonds is 8. The van der Waals surface area contributed by atoms with Gasteiger partial charge in [0.15, 0.2) is 0 Å². The van der Waals surface area contributed by atoms with E-state index in [-0.39, 0.29) is 29.2 Å². The molecule has 2 aromatic carbocycles. The first-order valence-electron chi connectivity index (χ1n) is 13.7. The molecule has 0 aromatic heterocycles. The Morgan fingerprint density at radius 3 is 2.26 bits per heavy atom. The molecule has 0 bridgehead atoms. The molecule has 1 saturated carbocycles. The molecule has 2 fully saturated rings. The van der Waals surface area contributed by atoms with E-state index in [4.69, 9.17) is 9.47 Å². The van der Waals surface area contributed by atoms with Crippen molar-refractivity contribution in [3.05, 3.63) is 59.7 Å². The van der Waals surface area contributed by atoms with Gasteiger partial charge in [-0.2, -0.15) is 0 Å². The Balaban J connectivity index is 1.80. The number of carboxylic acid groups (broad SMARTS) is 1. The number of amides is 1. The number of ether oxygens (including phenoxy) is 2. The summed E-state index contributed by atoms with van der Waals surface area (Å²) in [6, 6.07) is 13.9. The van der Waals surface area contributed by atoms with Crippen molar-refractivity contribution >= 4 is 11.9 Å². The molecule has 2 aromatic rings. The number of nitrogens with zero attached hydrogens (tertiary/aromatic N) is 1. The number of carbonyl (C=O) groups excluding carboxylic acids is 1. The third-order valence-electron chi connectivity index (χ3n) is 8.29. The molecule has 2 N–H and O–H groups in total. The Bertz CT molecular complexity index is 1110. The molecule has 0 radical (unpaired) electrons. The second-order valence-corrected chi connectivity index (χ2v) is 11.7. The Hall–Kier alpha value is -3.06. The number of nitrogens with one attached hydrogen (secondary N) is 1. The first-order valence-corrected chi connectivity index (χ1v) is 13.7. The fraction of sp³-hybridized carbons (Fsp3) is 0.548. The lowest BCUT2D eigenvalue weighted by atomic mass is 9.72. The number of hydrogen-bond acceptors (Lipinski definition) is 5. The quantitative estimate of drug-likeness (QED) is 0.480.